The highest BCUT2D eigenvalue weighted by atomic mass is 35.5. The van der Waals surface area contributed by atoms with Crippen molar-refractivity contribution in [3.63, 3.8) is 0 Å². The molecule has 25 heavy (non-hydrogen) atoms. The maximum atomic E-state index is 10.1. The van der Waals surface area contributed by atoms with Crippen LogP contribution in [0.4, 0.5) is 22.7 Å². The van der Waals surface area contributed by atoms with E-state index < -0.39 is 0 Å². The molecule has 6 heteroatoms. The number of phenols is 1. The minimum absolute atomic E-state index is 0. The number of para-hydroxylation sites is 1. The first-order chi connectivity index (χ1) is 11.4. The highest BCUT2D eigenvalue weighted by molar-refractivity contribution is 6.01. The Labute approximate surface area is 153 Å². The van der Waals surface area contributed by atoms with E-state index in [9.17, 15) is 5.11 Å². The molecule has 0 aliphatic rings. The summed E-state index contributed by atoms with van der Waals surface area (Å²) in [5, 5.41) is 20.6. The van der Waals surface area contributed by atoms with Gasteiger partial charge in [-0.1, -0.05) is 24.3 Å². The van der Waals surface area contributed by atoms with Crippen LogP contribution >= 0.6 is 0 Å². The number of nitrogens with two attached hydrogens (primary N) is 1. The van der Waals surface area contributed by atoms with Crippen LogP contribution in [-0.2, 0) is 0 Å². The zero-order valence-corrected chi connectivity index (χ0v) is 15.2. The first-order valence-corrected chi connectivity index (χ1v) is 7.70. The van der Waals surface area contributed by atoms with Crippen LogP contribution in [-0.4, -0.2) is 26.2 Å². The molecular weight excluding hydrogens is 336 g/mol. The zero-order valence-electron chi connectivity index (χ0n) is 14.4. The number of benzene rings is 3. The van der Waals surface area contributed by atoms with Crippen LogP contribution in [0.5, 0.6) is 5.75 Å². The third-order valence-electron chi connectivity index (χ3n) is 3.86. The average Bonchev–Trinajstić information content (AvgIpc) is 2.52. The maximum absolute atomic E-state index is 10.1. The molecule has 3 N–H and O–H groups in total. The predicted octanol–water partition coefficient (Wildman–Crippen LogP) is 1.74. The number of nitrogens with zero attached hydrogens (tertiary/aromatic N) is 3. The van der Waals surface area contributed by atoms with Gasteiger partial charge in [-0.3, -0.25) is 4.48 Å². The van der Waals surface area contributed by atoms with Gasteiger partial charge in [-0.2, -0.15) is 0 Å². The molecule has 0 unspecified atom stereocenters. The van der Waals surface area contributed by atoms with Gasteiger partial charge in [-0.15, -0.1) is 10.2 Å². The summed E-state index contributed by atoms with van der Waals surface area (Å²) in [6.45, 7) is 0. The van der Waals surface area contributed by atoms with Crippen molar-refractivity contribution in [2.24, 2.45) is 10.2 Å². The fourth-order valence-electron chi connectivity index (χ4n) is 2.69. The summed E-state index contributed by atoms with van der Waals surface area (Å²) in [6, 6.07) is 16.7. The summed E-state index contributed by atoms with van der Waals surface area (Å²) in [5.74, 6) is 0.165. The second-order valence-corrected chi connectivity index (χ2v) is 6.61. The van der Waals surface area contributed by atoms with Crippen LogP contribution in [0, 0.1) is 0 Å². The second-order valence-electron chi connectivity index (χ2n) is 6.61. The topological polar surface area (TPSA) is 71.0 Å². The molecule has 0 aliphatic carbocycles. The van der Waals surface area contributed by atoms with E-state index in [1.54, 1.807) is 24.3 Å². The Balaban J connectivity index is 0.00000225. The van der Waals surface area contributed by atoms with Crippen LogP contribution < -0.4 is 22.6 Å². The number of rotatable bonds is 3. The number of aromatic hydroxyl groups is 1. The van der Waals surface area contributed by atoms with Crippen LogP contribution in [0.3, 0.4) is 0 Å². The minimum atomic E-state index is 0. The lowest BCUT2D eigenvalue weighted by molar-refractivity contribution is -0.00000621. The minimum Gasteiger partial charge on any atom is -1.00 e. The summed E-state index contributed by atoms with van der Waals surface area (Å²) in [6.07, 6.45) is 0. The molecule has 0 aliphatic heterocycles. The number of anilines is 1. The molecule has 0 saturated heterocycles. The zero-order chi connectivity index (χ0) is 17.3. The SMILES string of the molecule is C[N+](C)(C)c1cccc2c(/N=N/c3ccccc3N)cc(O)cc12.[Cl-]. The van der Waals surface area contributed by atoms with Crippen LogP contribution in [0.1, 0.15) is 0 Å². The van der Waals surface area contributed by atoms with E-state index >= 15 is 0 Å². The quantitative estimate of drug-likeness (QED) is 0.426. The van der Waals surface area contributed by atoms with Gasteiger partial charge in [0, 0.05) is 16.8 Å². The number of fused-ring (bicyclic) bond motifs is 1. The van der Waals surface area contributed by atoms with Gasteiger partial charge >= 0.3 is 0 Å². The lowest BCUT2D eigenvalue weighted by atomic mass is 10.1. The highest BCUT2D eigenvalue weighted by Crippen LogP contribution is 2.38. The van der Waals surface area contributed by atoms with Crippen molar-refractivity contribution in [3.05, 3.63) is 54.6 Å². The Hall–Kier alpha value is -2.63. The third-order valence-corrected chi connectivity index (χ3v) is 3.86. The largest absolute Gasteiger partial charge is 1.00 e. The second kappa shape index (κ2) is 7.09. The number of hydrogen-bond donors (Lipinski definition) is 2. The van der Waals surface area contributed by atoms with Crippen LogP contribution in [0.2, 0.25) is 0 Å². The van der Waals surface area contributed by atoms with Crippen molar-refractivity contribution in [1.29, 1.82) is 0 Å². The van der Waals surface area contributed by atoms with Gasteiger partial charge in [0.2, 0.25) is 0 Å². The number of quaternary nitrogens is 1. The Kier molecular flexibility index (Phi) is 5.30. The van der Waals surface area contributed by atoms with Gasteiger partial charge in [0.1, 0.15) is 17.1 Å². The molecule has 0 saturated carbocycles. The van der Waals surface area contributed by atoms with E-state index in [2.05, 4.69) is 37.4 Å². The van der Waals surface area contributed by atoms with Gasteiger partial charge in [0.15, 0.2) is 0 Å². The summed E-state index contributed by atoms with van der Waals surface area (Å²) < 4.78 is 0.642. The molecule has 0 aromatic heterocycles. The maximum Gasteiger partial charge on any atom is 0.140 e. The average molecular weight is 357 g/mol. The molecule has 0 atom stereocenters. The Morgan fingerprint density at radius 2 is 1.52 bits per heavy atom. The molecule has 3 aromatic carbocycles. The normalized spacial score (nSPS) is 11.6. The lowest BCUT2D eigenvalue weighted by Crippen LogP contribution is -3.00. The van der Waals surface area contributed by atoms with Crippen LogP contribution in [0.15, 0.2) is 64.8 Å². The van der Waals surface area contributed by atoms with Gasteiger partial charge in [0.05, 0.1) is 32.5 Å². The summed E-state index contributed by atoms with van der Waals surface area (Å²) in [5.41, 5.74) is 8.79. The van der Waals surface area contributed by atoms with Gasteiger partial charge < -0.3 is 23.2 Å². The van der Waals surface area contributed by atoms with E-state index in [4.69, 9.17) is 5.73 Å². The number of azo groups is 1. The molecule has 3 rings (SSSR count). The fraction of sp³-hybridized carbons (Fsp3) is 0.158. The number of halogens is 1. The van der Waals surface area contributed by atoms with Gasteiger partial charge in [0.25, 0.3) is 0 Å². The van der Waals surface area contributed by atoms with Crippen LogP contribution in [0.25, 0.3) is 10.8 Å². The van der Waals surface area contributed by atoms with E-state index in [-0.39, 0.29) is 18.2 Å². The number of hydrogen-bond acceptors (Lipinski definition) is 4. The highest BCUT2D eigenvalue weighted by Gasteiger charge is 2.18. The smallest absolute Gasteiger partial charge is 0.140 e. The van der Waals surface area contributed by atoms with E-state index in [0.717, 1.165) is 16.5 Å². The fourth-order valence-corrected chi connectivity index (χ4v) is 2.69. The molecule has 3 aromatic rings. The van der Waals surface area contributed by atoms with Crippen molar-refractivity contribution in [3.8, 4) is 5.75 Å². The van der Waals surface area contributed by atoms with Crippen molar-refractivity contribution in [1.82, 2.24) is 4.48 Å². The molecule has 0 radical (unpaired) electrons. The molecule has 0 fully saturated rings. The van der Waals surface area contributed by atoms with E-state index in [1.165, 1.54) is 0 Å². The molecule has 0 amide bonds. The van der Waals surface area contributed by atoms with Gasteiger partial charge in [-0.25, -0.2) is 0 Å². The summed E-state index contributed by atoms with van der Waals surface area (Å²) in [7, 11) is 6.26. The predicted molar refractivity (Wildman–Crippen MR) is 100 cm³/mol. The van der Waals surface area contributed by atoms with Crippen molar-refractivity contribution < 1.29 is 17.5 Å². The standard InChI is InChI=1S/C19H20N4O.ClH/c1-23(2,3)19-10-6-7-14-15(19)11-13(24)12-18(14)22-21-17-9-5-4-8-16(17)20;/h4-12H,1-3H3,(H2-,20,22,24);1H. The summed E-state index contributed by atoms with van der Waals surface area (Å²) in [4.78, 5) is 0. The van der Waals surface area contributed by atoms with E-state index in [1.807, 2.05) is 24.3 Å². The molecule has 0 bridgehead atoms. The Bertz CT molecular complexity index is 932. The Morgan fingerprint density at radius 1 is 0.840 bits per heavy atom. The van der Waals surface area contributed by atoms with Crippen molar-refractivity contribution >= 4 is 33.5 Å². The molecule has 0 spiro atoms. The molecule has 0 heterocycles. The molecular formula is C19H21ClN4O. The first-order valence-electron chi connectivity index (χ1n) is 7.70. The molecule has 130 valence electrons. The van der Waals surface area contributed by atoms with Crippen molar-refractivity contribution in [2.75, 3.05) is 26.9 Å². The first kappa shape index (κ1) is 18.7. The Morgan fingerprint density at radius 3 is 2.20 bits per heavy atom. The van der Waals surface area contributed by atoms with Crippen molar-refractivity contribution in [2.45, 2.75) is 0 Å². The number of phenolic OH excluding ortho intramolecular Hbond substituents is 1. The summed E-state index contributed by atoms with van der Waals surface area (Å²) >= 11 is 0. The third kappa shape index (κ3) is 3.90. The number of nitrogen functional groups attached to an aromatic ring is 1. The monoisotopic (exact) mass is 356 g/mol. The van der Waals surface area contributed by atoms with Gasteiger partial charge in [-0.05, 0) is 24.3 Å². The molecule has 5 nitrogen and oxygen atoms in total. The lowest BCUT2D eigenvalue weighted by Gasteiger charge is -2.25. The van der Waals surface area contributed by atoms with E-state index in [0.29, 0.717) is 21.5 Å².